The average Bonchev–Trinajstić information content (AvgIpc) is 2.98. The van der Waals surface area contributed by atoms with E-state index in [9.17, 15) is 23.1 Å². The largest absolute Gasteiger partial charge is 0.505 e. The second-order valence-corrected chi connectivity index (χ2v) is 9.85. The van der Waals surface area contributed by atoms with Crippen molar-refractivity contribution in [1.29, 1.82) is 0 Å². The van der Waals surface area contributed by atoms with Gasteiger partial charge in [0.25, 0.3) is 21.8 Å². The number of hydrogen-bond donors (Lipinski definition) is 3. The van der Waals surface area contributed by atoms with Crippen LogP contribution >= 0.6 is 39.7 Å². The number of amides is 2. The summed E-state index contributed by atoms with van der Waals surface area (Å²) in [6.07, 6.45) is 0. The van der Waals surface area contributed by atoms with Gasteiger partial charge in [0.05, 0.1) is 10.6 Å². The minimum Gasteiger partial charge on any atom is -0.505 e. The first kappa shape index (κ1) is 21.6. The number of anilines is 1. The Morgan fingerprint density at radius 2 is 1.90 bits per heavy atom. The minimum atomic E-state index is -4.11. The number of aliphatic hydroxyl groups is 1. The molecule has 1 saturated heterocycles. The third kappa shape index (κ3) is 3.87. The molecule has 0 spiro atoms. The van der Waals surface area contributed by atoms with Gasteiger partial charge in [-0.05, 0) is 54.7 Å². The summed E-state index contributed by atoms with van der Waals surface area (Å²) in [6, 6.07) is 10.6. The number of nitrogens with one attached hydrogen (secondary N) is 2. The molecule has 2 heterocycles. The van der Waals surface area contributed by atoms with Crippen molar-refractivity contribution in [2.75, 3.05) is 11.4 Å². The number of hydrogen-bond acceptors (Lipinski definition) is 6. The third-order valence-electron chi connectivity index (χ3n) is 4.47. The van der Waals surface area contributed by atoms with Crippen molar-refractivity contribution in [2.24, 2.45) is 0 Å². The van der Waals surface area contributed by atoms with Crippen LogP contribution in [0.25, 0.3) is 5.76 Å². The van der Waals surface area contributed by atoms with Crippen molar-refractivity contribution in [1.82, 2.24) is 15.2 Å². The molecule has 0 saturated carbocycles. The number of carbonyl (C=O) groups is 2. The molecule has 0 atom stereocenters. The van der Waals surface area contributed by atoms with E-state index in [-0.39, 0.29) is 22.1 Å². The van der Waals surface area contributed by atoms with E-state index in [0.717, 1.165) is 5.01 Å². The second kappa shape index (κ2) is 7.79. The fraction of sp³-hybridized carbons (Fsp3) is 0.0556. The summed E-state index contributed by atoms with van der Waals surface area (Å²) in [7, 11) is -4.11. The summed E-state index contributed by atoms with van der Waals surface area (Å²) in [4.78, 5) is 26.2. The Labute approximate surface area is 195 Å². The van der Waals surface area contributed by atoms with Gasteiger partial charge in [-0.3, -0.25) is 29.6 Å². The Kier molecular flexibility index (Phi) is 5.41. The average molecular weight is 544 g/mol. The van der Waals surface area contributed by atoms with Gasteiger partial charge in [-0.25, -0.2) is 8.42 Å². The van der Waals surface area contributed by atoms with Crippen molar-refractivity contribution >= 4 is 78.1 Å². The van der Waals surface area contributed by atoms with Crippen LogP contribution < -0.4 is 15.0 Å². The van der Waals surface area contributed by atoms with Gasteiger partial charge in [0, 0.05) is 15.1 Å². The van der Waals surface area contributed by atoms with Crippen LogP contribution in [0, 0.1) is 0 Å². The van der Waals surface area contributed by atoms with Gasteiger partial charge in [0.2, 0.25) is 5.11 Å². The van der Waals surface area contributed by atoms with E-state index in [1.165, 1.54) is 23.1 Å². The zero-order valence-electron chi connectivity index (χ0n) is 15.3. The fourth-order valence-electron chi connectivity index (χ4n) is 3.05. The van der Waals surface area contributed by atoms with Crippen LogP contribution in [0.2, 0.25) is 5.02 Å². The van der Waals surface area contributed by atoms with E-state index >= 15 is 0 Å². The van der Waals surface area contributed by atoms with Gasteiger partial charge in [-0.15, -0.1) is 0 Å². The van der Waals surface area contributed by atoms with Crippen LogP contribution in [0.3, 0.4) is 0 Å². The molecule has 0 unspecified atom stereocenters. The topological polar surface area (TPSA) is 119 Å². The van der Waals surface area contributed by atoms with Crippen molar-refractivity contribution in [3.8, 4) is 0 Å². The number of halogens is 2. The number of sulfonamides is 1. The number of hydrazine groups is 1. The Morgan fingerprint density at radius 1 is 1.23 bits per heavy atom. The maximum Gasteiger partial charge on any atom is 0.290 e. The predicted molar refractivity (Wildman–Crippen MR) is 120 cm³/mol. The number of thiocarbonyl (C=S) groups is 1. The van der Waals surface area contributed by atoms with Crippen LogP contribution in [-0.2, 0) is 19.6 Å². The molecule has 2 aromatic carbocycles. The summed E-state index contributed by atoms with van der Waals surface area (Å²) in [5.41, 5.74) is 2.20. The Bertz CT molecular complexity index is 1280. The van der Waals surface area contributed by atoms with Crippen LogP contribution in [0.5, 0.6) is 0 Å². The first-order chi connectivity index (χ1) is 14.6. The normalized spacial score (nSPS) is 17.5. The van der Waals surface area contributed by atoms with E-state index in [4.69, 9.17) is 23.8 Å². The van der Waals surface area contributed by atoms with Crippen LogP contribution in [0.15, 0.2) is 57.5 Å². The summed E-state index contributed by atoms with van der Waals surface area (Å²) in [5.74, 6) is -1.95. The van der Waals surface area contributed by atoms with Crippen LogP contribution in [0.1, 0.15) is 5.56 Å². The highest BCUT2D eigenvalue weighted by atomic mass is 79.9. The molecule has 0 radical (unpaired) electrons. The van der Waals surface area contributed by atoms with E-state index in [0.29, 0.717) is 15.2 Å². The maximum absolute atomic E-state index is 12.8. The summed E-state index contributed by atoms with van der Waals surface area (Å²) < 4.78 is 27.6. The molecule has 13 heteroatoms. The van der Waals surface area contributed by atoms with E-state index in [2.05, 4.69) is 26.1 Å². The van der Waals surface area contributed by atoms with Crippen molar-refractivity contribution in [2.45, 2.75) is 4.90 Å². The highest BCUT2D eigenvalue weighted by molar-refractivity contribution is 9.10. The monoisotopic (exact) mass is 542 g/mol. The second-order valence-electron chi connectivity index (χ2n) is 6.48. The third-order valence-corrected chi connectivity index (χ3v) is 7.01. The number of rotatable bonds is 3. The lowest BCUT2D eigenvalue weighted by Gasteiger charge is -2.24. The van der Waals surface area contributed by atoms with Gasteiger partial charge in [-0.1, -0.05) is 27.5 Å². The van der Waals surface area contributed by atoms with E-state index in [1.54, 1.807) is 24.3 Å². The number of aliphatic hydroxyl groups excluding tert-OH is 1. The highest BCUT2D eigenvalue weighted by Crippen LogP contribution is 2.31. The van der Waals surface area contributed by atoms with Crippen molar-refractivity contribution in [3.63, 3.8) is 0 Å². The predicted octanol–water partition coefficient (Wildman–Crippen LogP) is 2.29. The first-order valence-corrected chi connectivity index (χ1v) is 11.6. The molecule has 2 aromatic rings. The van der Waals surface area contributed by atoms with Crippen molar-refractivity contribution in [3.05, 3.63) is 63.2 Å². The quantitative estimate of drug-likeness (QED) is 0.508. The molecule has 0 aromatic heterocycles. The lowest BCUT2D eigenvalue weighted by Crippen LogP contribution is -2.48. The zero-order chi connectivity index (χ0) is 22.5. The number of benzene rings is 2. The molecular weight excluding hydrogens is 532 g/mol. The Morgan fingerprint density at radius 3 is 2.58 bits per heavy atom. The molecule has 31 heavy (non-hydrogen) atoms. The highest BCUT2D eigenvalue weighted by Gasteiger charge is 2.38. The molecule has 9 nitrogen and oxygen atoms in total. The standard InChI is InChI=1S/C18H12BrClN4O5S2/c19-9-1-6-12-13(7-9)31(28,29)22-15(16(12)26)17(27)21-23-8-14(25)24(18(23)30)11-4-2-10(20)3-5-11/h1-7,22,26H,8H2,(H,21,27). The van der Waals surface area contributed by atoms with Crippen LogP contribution in [-0.4, -0.2) is 42.0 Å². The Hall–Kier alpha value is -2.67. The summed E-state index contributed by atoms with van der Waals surface area (Å²) in [6.45, 7) is -0.280. The van der Waals surface area contributed by atoms with E-state index in [1.807, 2.05) is 0 Å². The number of carbonyl (C=O) groups excluding carboxylic acids is 2. The molecule has 0 bridgehead atoms. The van der Waals surface area contributed by atoms with E-state index < -0.39 is 33.3 Å². The Balaban J connectivity index is 1.60. The SMILES string of the molecule is O=C(NN1CC(=O)N(c2ccc(Cl)cc2)C1=S)C1=C(O)c2ccc(Br)cc2S(=O)(=O)N1. The molecule has 4 rings (SSSR count). The smallest absolute Gasteiger partial charge is 0.290 e. The zero-order valence-corrected chi connectivity index (χ0v) is 19.3. The summed E-state index contributed by atoms with van der Waals surface area (Å²) in [5, 5.41) is 12.0. The number of fused-ring (bicyclic) bond motifs is 1. The van der Waals surface area contributed by atoms with Gasteiger partial charge in [0.15, 0.2) is 11.5 Å². The van der Waals surface area contributed by atoms with Crippen LogP contribution in [0.4, 0.5) is 5.69 Å². The van der Waals surface area contributed by atoms with Gasteiger partial charge >= 0.3 is 0 Å². The summed E-state index contributed by atoms with van der Waals surface area (Å²) >= 11 is 14.3. The molecule has 1 fully saturated rings. The van der Waals surface area contributed by atoms with Gasteiger partial charge < -0.3 is 5.11 Å². The molecule has 160 valence electrons. The lowest BCUT2D eigenvalue weighted by molar-refractivity contribution is -0.121. The fourth-order valence-corrected chi connectivity index (χ4v) is 5.31. The maximum atomic E-state index is 12.8. The lowest BCUT2D eigenvalue weighted by atomic mass is 10.1. The van der Waals surface area contributed by atoms with Crippen molar-refractivity contribution < 1.29 is 23.1 Å². The molecule has 2 amide bonds. The molecule has 0 aliphatic carbocycles. The molecule has 3 N–H and O–H groups in total. The minimum absolute atomic E-state index is 0.0243. The number of nitrogens with zero attached hydrogens (tertiary/aromatic N) is 2. The first-order valence-electron chi connectivity index (χ1n) is 8.55. The molecule has 2 aliphatic rings. The van der Waals surface area contributed by atoms with Gasteiger partial charge in [0.1, 0.15) is 6.54 Å². The molecule has 2 aliphatic heterocycles. The van der Waals surface area contributed by atoms with Gasteiger partial charge in [-0.2, -0.15) is 0 Å². The molecular formula is C18H12BrClN4O5S2.